The Kier molecular flexibility index (Phi) is 3.80. The number of ether oxygens (including phenoxy) is 1. The van der Waals surface area contributed by atoms with E-state index in [0.29, 0.717) is 5.57 Å². The van der Waals surface area contributed by atoms with Crippen molar-refractivity contribution in [2.75, 3.05) is 20.2 Å². The van der Waals surface area contributed by atoms with Crippen LogP contribution in [-0.2, 0) is 9.53 Å². The summed E-state index contributed by atoms with van der Waals surface area (Å²) in [5.74, 6) is -0.231. The summed E-state index contributed by atoms with van der Waals surface area (Å²) in [5.41, 5.74) is 0.685. The summed E-state index contributed by atoms with van der Waals surface area (Å²) in [6.07, 6.45) is 5.67. The molecule has 0 N–H and O–H groups in total. The Morgan fingerprint density at radius 1 is 1.31 bits per heavy atom. The summed E-state index contributed by atoms with van der Waals surface area (Å²) < 4.78 is 4.62. The number of hydrogen-bond acceptors (Lipinski definition) is 3. The van der Waals surface area contributed by atoms with Crippen molar-refractivity contribution in [3.63, 3.8) is 0 Å². The number of methoxy groups -OCH3 is 1. The fourth-order valence-corrected chi connectivity index (χ4v) is 1.54. The van der Waals surface area contributed by atoms with Gasteiger partial charge < -0.3 is 9.64 Å². The Balaban J connectivity index is 2.47. The number of piperidine rings is 1. The zero-order chi connectivity index (χ0) is 9.68. The lowest BCUT2D eigenvalue weighted by Gasteiger charge is -2.25. The molecule has 3 heteroatoms. The highest BCUT2D eigenvalue weighted by Crippen LogP contribution is 2.10. The van der Waals surface area contributed by atoms with Crippen LogP contribution in [0.2, 0.25) is 0 Å². The Morgan fingerprint density at radius 3 is 2.46 bits per heavy atom. The van der Waals surface area contributed by atoms with Crippen molar-refractivity contribution in [3.05, 3.63) is 11.8 Å². The number of likely N-dealkylation sites (tertiary alicyclic amines) is 1. The standard InChI is InChI=1S/C10H17NO2/c1-9(10(12)13-2)8-11-6-4-3-5-7-11/h8H,3-7H2,1-2H3. The predicted molar refractivity (Wildman–Crippen MR) is 51.2 cm³/mol. The van der Waals surface area contributed by atoms with Gasteiger partial charge in [-0.3, -0.25) is 0 Å². The van der Waals surface area contributed by atoms with E-state index in [4.69, 9.17) is 0 Å². The lowest BCUT2D eigenvalue weighted by molar-refractivity contribution is -0.136. The van der Waals surface area contributed by atoms with E-state index < -0.39 is 0 Å². The Morgan fingerprint density at radius 2 is 1.92 bits per heavy atom. The minimum absolute atomic E-state index is 0.231. The second-order valence-corrected chi connectivity index (χ2v) is 3.40. The van der Waals surface area contributed by atoms with Crippen molar-refractivity contribution in [2.45, 2.75) is 26.2 Å². The molecular weight excluding hydrogens is 166 g/mol. The highest BCUT2D eigenvalue weighted by atomic mass is 16.5. The van der Waals surface area contributed by atoms with Gasteiger partial charge in [-0.05, 0) is 26.2 Å². The molecule has 0 aromatic rings. The third kappa shape index (κ3) is 3.09. The zero-order valence-electron chi connectivity index (χ0n) is 8.38. The van der Waals surface area contributed by atoms with E-state index in [1.165, 1.54) is 26.4 Å². The number of nitrogens with zero attached hydrogens (tertiary/aromatic N) is 1. The molecule has 1 aliphatic heterocycles. The molecule has 0 unspecified atom stereocenters. The highest BCUT2D eigenvalue weighted by Gasteiger charge is 2.09. The molecule has 1 heterocycles. The van der Waals surface area contributed by atoms with Gasteiger partial charge in [0.15, 0.2) is 0 Å². The van der Waals surface area contributed by atoms with Crippen molar-refractivity contribution in [2.24, 2.45) is 0 Å². The Bertz CT molecular complexity index is 205. The first kappa shape index (κ1) is 10.1. The zero-order valence-corrected chi connectivity index (χ0v) is 8.38. The monoisotopic (exact) mass is 183 g/mol. The molecule has 0 aromatic heterocycles. The van der Waals surface area contributed by atoms with Gasteiger partial charge in [-0.2, -0.15) is 0 Å². The second kappa shape index (κ2) is 4.90. The van der Waals surface area contributed by atoms with Gasteiger partial charge in [0.1, 0.15) is 0 Å². The molecule has 0 aromatic carbocycles. The first-order chi connectivity index (χ1) is 6.24. The topological polar surface area (TPSA) is 29.5 Å². The van der Waals surface area contributed by atoms with Crippen LogP contribution in [0, 0.1) is 0 Å². The van der Waals surface area contributed by atoms with E-state index in [0.717, 1.165) is 13.1 Å². The average Bonchev–Trinajstić information content (AvgIpc) is 2.18. The Labute approximate surface area is 79.4 Å². The van der Waals surface area contributed by atoms with Gasteiger partial charge in [0, 0.05) is 24.9 Å². The van der Waals surface area contributed by atoms with Crippen LogP contribution >= 0.6 is 0 Å². The van der Waals surface area contributed by atoms with Gasteiger partial charge in [-0.15, -0.1) is 0 Å². The van der Waals surface area contributed by atoms with Gasteiger partial charge in [0.05, 0.1) is 7.11 Å². The molecule has 0 aliphatic carbocycles. The summed E-state index contributed by atoms with van der Waals surface area (Å²) >= 11 is 0. The number of carbonyl (C=O) groups excluding carboxylic acids is 1. The number of hydrogen-bond donors (Lipinski definition) is 0. The molecule has 0 amide bonds. The fraction of sp³-hybridized carbons (Fsp3) is 0.700. The van der Waals surface area contributed by atoms with E-state index in [1.54, 1.807) is 6.92 Å². The lowest BCUT2D eigenvalue weighted by Crippen LogP contribution is -2.25. The first-order valence-electron chi connectivity index (χ1n) is 4.75. The normalized spacial score (nSPS) is 18.6. The third-order valence-corrected chi connectivity index (χ3v) is 2.27. The number of esters is 1. The SMILES string of the molecule is COC(=O)C(C)=CN1CCCCC1. The van der Waals surface area contributed by atoms with Crippen LogP contribution in [0.25, 0.3) is 0 Å². The highest BCUT2D eigenvalue weighted by molar-refractivity contribution is 5.87. The molecule has 1 aliphatic rings. The van der Waals surface area contributed by atoms with E-state index in [2.05, 4.69) is 9.64 Å². The van der Waals surface area contributed by atoms with Crippen LogP contribution in [0.4, 0.5) is 0 Å². The smallest absolute Gasteiger partial charge is 0.334 e. The summed E-state index contributed by atoms with van der Waals surface area (Å²) in [7, 11) is 1.41. The van der Waals surface area contributed by atoms with E-state index in [1.807, 2.05) is 6.20 Å². The van der Waals surface area contributed by atoms with Gasteiger partial charge in [-0.1, -0.05) is 0 Å². The van der Waals surface area contributed by atoms with Crippen LogP contribution in [-0.4, -0.2) is 31.1 Å². The maximum absolute atomic E-state index is 11.1. The molecule has 74 valence electrons. The van der Waals surface area contributed by atoms with Crippen LogP contribution in [0.5, 0.6) is 0 Å². The average molecular weight is 183 g/mol. The van der Waals surface area contributed by atoms with Gasteiger partial charge in [0.25, 0.3) is 0 Å². The third-order valence-electron chi connectivity index (χ3n) is 2.27. The van der Waals surface area contributed by atoms with Crippen LogP contribution in [0.1, 0.15) is 26.2 Å². The van der Waals surface area contributed by atoms with Gasteiger partial charge in [0.2, 0.25) is 0 Å². The number of rotatable bonds is 2. The maximum atomic E-state index is 11.1. The Hall–Kier alpha value is -0.990. The molecule has 0 bridgehead atoms. The van der Waals surface area contributed by atoms with E-state index >= 15 is 0 Å². The summed E-state index contributed by atoms with van der Waals surface area (Å²) in [6, 6.07) is 0. The quantitative estimate of drug-likeness (QED) is 0.480. The molecule has 1 fully saturated rings. The van der Waals surface area contributed by atoms with Gasteiger partial charge in [-0.25, -0.2) is 4.79 Å². The van der Waals surface area contributed by atoms with Crippen molar-refractivity contribution in [3.8, 4) is 0 Å². The molecule has 0 spiro atoms. The largest absolute Gasteiger partial charge is 0.466 e. The van der Waals surface area contributed by atoms with Crippen molar-refractivity contribution < 1.29 is 9.53 Å². The van der Waals surface area contributed by atoms with Crippen molar-refractivity contribution in [1.29, 1.82) is 0 Å². The molecule has 1 rings (SSSR count). The van der Waals surface area contributed by atoms with E-state index in [9.17, 15) is 4.79 Å². The molecular formula is C10H17NO2. The van der Waals surface area contributed by atoms with Gasteiger partial charge >= 0.3 is 5.97 Å². The van der Waals surface area contributed by atoms with E-state index in [-0.39, 0.29) is 5.97 Å². The molecule has 0 radical (unpaired) electrons. The summed E-state index contributed by atoms with van der Waals surface area (Å²) in [5, 5.41) is 0. The maximum Gasteiger partial charge on any atom is 0.334 e. The molecule has 13 heavy (non-hydrogen) atoms. The summed E-state index contributed by atoms with van der Waals surface area (Å²) in [6.45, 7) is 3.92. The lowest BCUT2D eigenvalue weighted by atomic mass is 10.1. The summed E-state index contributed by atoms with van der Waals surface area (Å²) in [4.78, 5) is 13.3. The van der Waals surface area contributed by atoms with Crippen LogP contribution < -0.4 is 0 Å². The minimum atomic E-state index is -0.231. The second-order valence-electron chi connectivity index (χ2n) is 3.40. The molecule has 1 saturated heterocycles. The van der Waals surface area contributed by atoms with Crippen molar-refractivity contribution in [1.82, 2.24) is 4.90 Å². The minimum Gasteiger partial charge on any atom is -0.466 e. The fourth-order valence-electron chi connectivity index (χ4n) is 1.54. The molecule has 0 saturated carbocycles. The predicted octanol–water partition coefficient (Wildman–Crippen LogP) is 1.55. The van der Waals surface area contributed by atoms with Crippen LogP contribution in [0.3, 0.4) is 0 Å². The molecule has 0 atom stereocenters. The van der Waals surface area contributed by atoms with Crippen molar-refractivity contribution >= 4 is 5.97 Å². The number of carbonyl (C=O) groups is 1. The van der Waals surface area contributed by atoms with Crippen LogP contribution in [0.15, 0.2) is 11.8 Å². The molecule has 3 nitrogen and oxygen atoms in total. The first-order valence-corrected chi connectivity index (χ1v) is 4.75.